The first-order chi connectivity index (χ1) is 35.2. The summed E-state index contributed by atoms with van der Waals surface area (Å²) < 4.78 is 9.37. The highest BCUT2D eigenvalue weighted by atomic mass is 32.2. The van der Waals surface area contributed by atoms with Gasteiger partial charge in [0.2, 0.25) is 65.1 Å². The lowest BCUT2D eigenvalue weighted by atomic mass is 9.89. The fourth-order valence-corrected chi connectivity index (χ4v) is 7.60. The van der Waals surface area contributed by atoms with Gasteiger partial charge in [0.1, 0.15) is 0 Å². The molecule has 0 saturated carbocycles. The van der Waals surface area contributed by atoms with Crippen molar-refractivity contribution in [3.05, 3.63) is 0 Å². The van der Waals surface area contributed by atoms with Gasteiger partial charge in [-0.3, -0.25) is 98.4 Å². The zero-order valence-corrected chi connectivity index (χ0v) is 44.8. The van der Waals surface area contributed by atoms with E-state index in [1.54, 1.807) is 6.26 Å². The van der Waals surface area contributed by atoms with Crippen LogP contribution in [0.15, 0.2) is 9.98 Å². The van der Waals surface area contributed by atoms with Crippen LogP contribution in [0.5, 0.6) is 0 Å². The number of hydrogen-bond donors (Lipinski definition) is 9. The molecule has 0 saturated heterocycles. The summed E-state index contributed by atoms with van der Waals surface area (Å²) in [5, 5.41) is 17.2. The molecule has 0 aromatic carbocycles. The summed E-state index contributed by atoms with van der Waals surface area (Å²) in [7, 11) is 2.27. The minimum Gasteiger partial charge on any atom is -0.469 e. The standard InChI is InChI=1S/C47H75N11O16S/c1-26(59)52-35(15-18-42(69)74-7)38(65)25-33(14-17-41(68)73-6)45(72)58-36(19-22-75-8)39(66)24-32(13-16-40(48)67)44(71)57-34(12-10-21-51-47(55-29(4)62)56-30(5)63)37(64)23-31(43(49)70)11-9-20-50-46(53-27(2)60)54-28(3)61/h31-36H,9-25H2,1-8H3,(H2,48,67)(H2,49,70)(H,52,59)(H,57,71)(H,58,72)(H2,50,53,54,60,61)(H2,51,55,56,62,63)/t31-,32-,33-,34+,35+,36+/m1/s1. The van der Waals surface area contributed by atoms with E-state index in [1.165, 1.54) is 39.5 Å². The Balaban J connectivity index is 6.95. The SMILES string of the molecule is COC(=O)CC[C@H](CC(=O)[C@H](CCC(=O)OC)NC(C)=O)C(=O)N[C@@H](CCSC)C(=O)C[C@@H](CCC(N)=O)C(=O)N[C@@H](CCCN=C(NC(C)=O)NC(C)=O)C(=O)C[C@@H](CCCN=C(NC(C)=O)NC(C)=O)C(N)=O. The Kier molecular flexibility index (Phi) is 34.0. The van der Waals surface area contributed by atoms with Gasteiger partial charge in [-0.05, 0) is 63.4 Å². The van der Waals surface area contributed by atoms with Crippen molar-refractivity contribution in [2.45, 2.75) is 143 Å². The van der Waals surface area contributed by atoms with Crippen LogP contribution in [0.4, 0.5) is 0 Å². The van der Waals surface area contributed by atoms with E-state index < -0.39 is 144 Å². The van der Waals surface area contributed by atoms with Crippen molar-refractivity contribution in [1.82, 2.24) is 37.2 Å². The molecule has 0 fully saturated rings. The lowest BCUT2D eigenvalue weighted by Crippen LogP contribution is -2.48. The molecule has 0 unspecified atom stereocenters. The van der Waals surface area contributed by atoms with Crippen molar-refractivity contribution in [2.75, 3.05) is 39.3 Å². The van der Waals surface area contributed by atoms with Crippen molar-refractivity contribution in [1.29, 1.82) is 0 Å². The maximum atomic E-state index is 14.3. The third-order valence-corrected chi connectivity index (χ3v) is 11.5. The van der Waals surface area contributed by atoms with E-state index in [-0.39, 0.29) is 89.2 Å². The number of Topliss-reactive ketones (excluding diaryl/α,β-unsaturated/α-hetero) is 3. The molecule has 0 aliphatic heterocycles. The van der Waals surface area contributed by atoms with Gasteiger partial charge in [-0.1, -0.05) is 0 Å². The third-order valence-electron chi connectivity index (χ3n) is 10.9. The van der Waals surface area contributed by atoms with Crippen LogP contribution in [0.2, 0.25) is 0 Å². The number of ether oxygens (including phenoxy) is 2. The molecule has 0 aliphatic carbocycles. The number of thioether (sulfide) groups is 1. The van der Waals surface area contributed by atoms with Crippen molar-refractivity contribution < 1.29 is 76.6 Å². The van der Waals surface area contributed by atoms with Crippen LogP contribution in [0.1, 0.15) is 125 Å². The summed E-state index contributed by atoms with van der Waals surface area (Å²) in [5.74, 6) is -13.2. The van der Waals surface area contributed by atoms with Crippen molar-refractivity contribution in [3.8, 4) is 0 Å². The first kappa shape index (κ1) is 67.9. The summed E-state index contributed by atoms with van der Waals surface area (Å²) in [6.45, 7) is 5.80. The molecule has 0 bridgehead atoms. The van der Waals surface area contributed by atoms with E-state index in [1.807, 2.05) is 0 Å². The number of nitrogens with two attached hydrogens (primary N) is 2. The smallest absolute Gasteiger partial charge is 0.305 e. The van der Waals surface area contributed by atoms with Crippen LogP contribution >= 0.6 is 11.8 Å². The van der Waals surface area contributed by atoms with Gasteiger partial charge in [-0.25, -0.2) is 0 Å². The first-order valence-electron chi connectivity index (χ1n) is 24.1. The van der Waals surface area contributed by atoms with Gasteiger partial charge < -0.3 is 36.9 Å². The molecule has 0 aromatic rings. The quantitative estimate of drug-likeness (QED) is 0.0150. The van der Waals surface area contributed by atoms with Crippen LogP contribution in [-0.2, 0) is 76.6 Å². The molecule has 28 heteroatoms. The average Bonchev–Trinajstić information content (AvgIpc) is 3.31. The largest absolute Gasteiger partial charge is 0.469 e. The molecule has 6 atom stereocenters. The van der Waals surface area contributed by atoms with Gasteiger partial charge in [-0.15, -0.1) is 0 Å². The lowest BCUT2D eigenvalue weighted by Gasteiger charge is -2.26. The first-order valence-corrected chi connectivity index (χ1v) is 25.5. The average molecular weight is 1080 g/mol. The van der Waals surface area contributed by atoms with Gasteiger partial charge in [-0.2, -0.15) is 11.8 Å². The predicted molar refractivity (Wildman–Crippen MR) is 272 cm³/mol. The van der Waals surface area contributed by atoms with Gasteiger partial charge in [0.05, 0.1) is 32.3 Å². The van der Waals surface area contributed by atoms with Gasteiger partial charge >= 0.3 is 11.9 Å². The summed E-state index contributed by atoms with van der Waals surface area (Å²) in [5.41, 5.74) is 11.2. The number of carbonyl (C=O) groups is 14. The van der Waals surface area contributed by atoms with Crippen molar-refractivity contribution in [2.24, 2.45) is 39.2 Å². The van der Waals surface area contributed by atoms with E-state index in [0.29, 0.717) is 5.75 Å². The molecular formula is C47H75N11O16S. The molecule has 9 amide bonds. The molecule has 27 nitrogen and oxygen atoms in total. The number of nitrogens with one attached hydrogen (secondary N) is 7. The van der Waals surface area contributed by atoms with Crippen LogP contribution in [0, 0.1) is 17.8 Å². The molecule has 11 N–H and O–H groups in total. The molecule has 0 heterocycles. The van der Waals surface area contributed by atoms with E-state index in [2.05, 4.69) is 51.9 Å². The second-order valence-electron chi connectivity index (χ2n) is 17.4. The summed E-state index contributed by atoms with van der Waals surface area (Å²) in [6.07, 6.45) is -1.49. The molecule has 0 spiro atoms. The topological polar surface area (TPSA) is 418 Å². The van der Waals surface area contributed by atoms with E-state index >= 15 is 0 Å². The highest BCUT2D eigenvalue weighted by Gasteiger charge is 2.34. The molecular weight excluding hydrogens is 1010 g/mol. The second-order valence-corrected chi connectivity index (χ2v) is 18.4. The van der Waals surface area contributed by atoms with Crippen LogP contribution in [0.3, 0.4) is 0 Å². The van der Waals surface area contributed by atoms with Crippen LogP contribution in [-0.4, -0.2) is 152 Å². The highest BCUT2D eigenvalue weighted by molar-refractivity contribution is 7.98. The summed E-state index contributed by atoms with van der Waals surface area (Å²) in [6, 6.07) is -3.88. The Bertz CT molecular complexity index is 2080. The normalized spacial score (nSPS) is 13.0. The zero-order chi connectivity index (χ0) is 57.2. The highest BCUT2D eigenvalue weighted by Crippen LogP contribution is 2.21. The number of ketones is 3. The van der Waals surface area contributed by atoms with Crippen molar-refractivity contribution >= 4 is 106 Å². The van der Waals surface area contributed by atoms with E-state index in [9.17, 15) is 67.1 Å². The molecule has 0 aromatic heterocycles. The number of rotatable bonds is 35. The molecule has 420 valence electrons. The minimum atomic E-state index is -1.37. The third kappa shape index (κ3) is 31.9. The summed E-state index contributed by atoms with van der Waals surface area (Å²) >= 11 is 1.32. The lowest BCUT2D eigenvalue weighted by molar-refractivity contribution is -0.143. The van der Waals surface area contributed by atoms with Crippen LogP contribution < -0.4 is 48.7 Å². The zero-order valence-electron chi connectivity index (χ0n) is 44.0. The monoisotopic (exact) mass is 1080 g/mol. The maximum Gasteiger partial charge on any atom is 0.305 e. The van der Waals surface area contributed by atoms with E-state index in [0.717, 1.165) is 21.1 Å². The van der Waals surface area contributed by atoms with Crippen molar-refractivity contribution in [3.63, 3.8) is 0 Å². The fraction of sp³-hybridized carbons (Fsp3) is 0.660. The number of aliphatic imine (C=N–C) groups is 2. The number of nitrogens with zero attached hydrogens (tertiary/aromatic N) is 2. The minimum absolute atomic E-state index is 0.00161. The maximum absolute atomic E-state index is 14.3. The van der Waals surface area contributed by atoms with E-state index in [4.69, 9.17) is 16.2 Å². The Morgan fingerprint density at radius 3 is 1.21 bits per heavy atom. The molecule has 0 aliphatic rings. The Morgan fingerprint density at radius 2 is 0.840 bits per heavy atom. The van der Waals surface area contributed by atoms with Gasteiger partial charge in [0.15, 0.2) is 17.3 Å². The Morgan fingerprint density at radius 1 is 0.467 bits per heavy atom. The number of methoxy groups -OCH3 is 2. The molecule has 75 heavy (non-hydrogen) atoms. The number of primary amides is 2. The van der Waals surface area contributed by atoms with Gasteiger partial charge in [0.25, 0.3) is 0 Å². The number of guanidine groups is 2. The van der Waals surface area contributed by atoms with Crippen LogP contribution in [0.25, 0.3) is 0 Å². The number of amides is 9. The number of esters is 2. The second kappa shape index (κ2) is 37.6. The number of carbonyl (C=O) groups excluding carboxylic acids is 14. The Hall–Kier alpha value is -7.13. The van der Waals surface area contributed by atoms with Gasteiger partial charge in [0, 0.05) is 104 Å². The molecule has 0 radical (unpaired) electrons. The molecule has 0 rings (SSSR count). The number of hydrogen-bond acceptors (Lipinski definition) is 19. The Labute approximate surface area is 439 Å². The fourth-order valence-electron chi connectivity index (χ4n) is 7.13. The predicted octanol–water partition coefficient (Wildman–Crippen LogP) is -1.59. The summed E-state index contributed by atoms with van der Waals surface area (Å²) in [4.78, 5) is 186.